The van der Waals surface area contributed by atoms with Gasteiger partial charge in [-0.2, -0.15) is 0 Å². The molecule has 1 aliphatic carbocycles. The van der Waals surface area contributed by atoms with E-state index in [0.717, 1.165) is 37.4 Å². The average Bonchev–Trinajstić information content (AvgIpc) is 3.38. The van der Waals surface area contributed by atoms with Gasteiger partial charge in [0.2, 0.25) is 5.91 Å². The van der Waals surface area contributed by atoms with Gasteiger partial charge in [-0.1, -0.05) is 43.0 Å². The molecule has 2 amide bonds. The number of hydrogen-bond acceptors (Lipinski definition) is 4. The summed E-state index contributed by atoms with van der Waals surface area (Å²) in [6.07, 6.45) is 6.47. The lowest BCUT2D eigenvalue weighted by Gasteiger charge is -2.26. The van der Waals surface area contributed by atoms with E-state index >= 15 is 0 Å². The fourth-order valence-corrected chi connectivity index (χ4v) is 4.36. The van der Waals surface area contributed by atoms with E-state index in [9.17, 15) is 14.0 Å². The number of nitrogens with one attached hydrogen (secondary N) is 1. The number of nitriles is 1. The number of carbonyl (C=O) groups is 2. The zero-order chi connectivity index (χ0) is 24.9. The van der Waals surface area contributed by atoms with Crippen LogP contribution in [0.25, 0.3) is 0 Å². The molecule has 2 aromatic carbocycles. The molecule has 4 rings (SSSR count). The number of ether oxygens (including phenoxy) is 1. The largest absolute Gasteiger partial charge is 0.412 e. The molecule has 0 aromatic heterocycles. The van der Waals surface area contributed by atoms with Crippen LogP contribution in [-0.2, 0) is 4.79 Å². The highest BCUT2D eigenvalue weighted by Crippen LogP contribution is 2.32. The number of rotatable bonds is 3. The van der Waals surface area contributed by atoms with Gasteiger partial charge < -0.3 is 15.0 Å². The molecule has 0 spiro atoms. The molecule has 8 heteroatoms. The predicted octanol–water partition coefficient (Wildman–Crippen LogP) is 5.92. The van der Waals surface area contributed by atoms with Crippen molar-refractivity contribution in [3.8, 4) is 12.3 Å². The Morgan fingerprint density at radius 2 is 1.65 bits per heavy atom. The Bertz CT molecular complexity index is 929. The summed E-state index contributed by atoms with van der Waals surface area (Å²) in [6, 6.07) is 13.3. The second kappa shape index (κ2) is 14.2. The highest BCUT2D eigenvalue weighted by atomic mass is 35.5. The lowest BCUT2D eigenvalue weighted by atomic mass is 9.88. The van der Waals surface area contributed by atoms with E-state index in [0.29, 0.717) is 23.5 Å². The number of amides is 2. The van der Waals surface area contributed by atoms with Crippen molar-refractivity contribution < 1.29 is 18.7 Å². The monoisotopic (exact) mass is 487 g/mol. The summed E-state index contributed by atoms with van der Waals surface area (Å²) in [5.74, 6) is 1.14. The summed E-state index contributed by atoms with van der Waals surface area (Å²) in [6.45, 7) is 5.31. The third-order valence-electron chi connectivity index (χ3n) is 6.02. The van der Waals surface area contributed by atoms with Crippen LogP contribution in [0.1, 0.15) is 50.0 Å². The predicted molar refractivity (Wildman–Crippen MR) is 130 cm³/mol. The maximum Gasteiger partial charge on any atom is 0.412 e. The van der Waals surface area contributed by atoms with Crippen LogP contribution in [0, 0.1) is 23.6 Å². The van der Waals surface area contributed by atoms with Crippen molar-refractivity contribution in [1.29, 1.82) is 5.26 Å². The van der Waals surface area contributed by atoms with E-state index in [-0.39, 0.29) is 5.82 Å². The zero-order valence-electron chi connectivity index (χ0n) is 19.4. The molecule has 1 N–H and O–H groups in total. The van der Waals surface area contributed by atoms with Gasteiger partial charge in [0.15, 0.2) is 0 Å². The normalized spacial score (nSPS) is 17.4. The van der Waals surface area contributed by atoms with E-state index in [1.54, 1.807) is 0 Å². The average molecular weight is 488 g/mol. The molecule has 1 atom stereocenters. The SMILES string of the molecule is C#N.CNC(=O)Oc1ccc(F)cc1.O=C(C1CCCCC1)N1CCC(c2ccc(Cl)cc2)C1. The number of nitrogens with zero attached hydrogens (tertiary/aromatic N) is 2. The fourth-order valence-electron chi connectivity index (χ4n) is 4.24. The molecule has 2 fully saturated rings. The molecule has 2 aromatic rings. The maximum absolute atomic E-state index is 12.5. The first-order valence-electron chi connectivity index (χ1n) is 11.4. The Morgan fingerprint density at radius 1 is 1.03 bits per heavy atom. The zero-order valence-corrected chi connectivity index (χ0v) is 20.1. The molecule has 182 valence electrons. The number of hydrogen-bond donors (Lipinski definition) is 1. The van der Waals surface area contributed by atoms with Crippen LogP contribution in [0.15, 0.2) is 48.5 Å². The smallest absolute Gasteiger partial charge is 0.410 e. The van der Waals surface area contributed by atoms with Crippen molar-refractivity contribution >= 4 is 23.6 Å². The lowest BCUT2D eigenvalue weighted by Crippen LogP contribution is -2.35. The molecule has 1 unspecified atom stereocenters. The number of likely N-dealkylation sites (tertiary alicyclic amines) is 1. The van der Waals surface area contributed by atoms with Crippen LogP contribution in [0.5, 0.6) is 5.75 Å². The summed E-state index contributed by atoms with van der Waals surface area (Å²) >= 11 is 5.93. The van der Waals surface area contributed by atoms with Crippen molar-refractivity contribution in [2.75, 3.05) is 20.1 Å². The van der Waals surface area contributed by atoms with Crippen LogP contribution in [0.2, 0.25) is 5.02 Å². The second-order valence-corrected chi connectivity index (χ2v) is 8.69. The minimum absolute atomic E-state index is 0.299. The summed E-state index contributed by atoms with van der Waals surface area (Å²) in [7, 11) is 1.45. The van der Waals surface area contributed by atoms with Gasteiger partial charge in [0.25, 0.3) is 0 Å². The van der Waals surface area contributed by atoms with Crippen molar-refractivity contribution in [3.05, 3.63) is 64.9 Å². The maximum atomic E-state index is 12.5. The Labute approximate surface area is 205 Å². The Kier molecular flexibility index (Phi) is 11.3. The molecule has 1 saturated carbocycles. The summed E-state index contributed by atoms with van der Waals surface area (Å²) in [5, 5.41) is 9.55. The van der Waals surface area contributed by atoms with Crippen LogP contribution >= 0.6 is 11.6 Å². The molecule has 2 aliphatic rings. The summed E-state index contributed by atoms with van der Waals surface area (Å²) in [4.78, 5) is 25.3. The third kappa shape index (κ3) is 8.35. The van der Waals surface area contributed by atoms with Crippen LogP contribution in [0.3, 0.4) is 0 Å². The van der Waals surface area contributed by atoms with Crippen molar-refractivity contribution in [1.82, 2.24) is 10.2 Å². The second-order valence-electron chi connectivity index (χ2n) is 8.25. The number of carbonyl (C=O) groups excluding carboxylic acids is 2. The van der Waals surface area contributed by atoms with E-state index in [1.165, 1.54) is 56.1 Å². The van der Waals surface area contributed by atoms with E-state index in [1.807, 2.05) is 12.1 Å². The van der Waals surface area contributed by atoms with Gasteiger partial charge in [-0.15, -0.1) is 0 Å². The molecule has 0 radical (unpaired) electrons. The standard InChI is InChI=1S/C17H22ClNO.C8H8FNO2.CHN/c18-16-8-6-13(7-9-16)15-10-11-19(12-15)17(20)14-4-2-1-3-5-14;1-10-8(11)12-7-4-2-6(9)3-5-7;1-2/h6-9,14-15H,1-5,10-12H2;2-5H,1H3,(H,10,11);1H. The molecule has 1 aliphatic heterocycles. The topological polar surface area (TPSA) is 82.4 Å². The quantitative estimate of drug-likeness (QED) is 0.582. The molecule has 1 heterocycles. The van der Waals surface area contributed by atoms with Gasteiger partial charge in [-0.3, -0.25) is 4.79 Å². The van der Waals surface area contributed by atoms with Gasteiger partial charge in [0.1, 0.15) is 11.6 Å². The van der Waals surface area contributed by atoms with Crippen LogP contribution < -0.4 is 10.1 Å². The van der Waals surface area contributed by atoms with Gasteiger partial charge in [-0.25, -0.2) is 14.4 Å². The van der Waals surface area contributed by atoms with Gasteiger partial charge in [0, 0.05) is 43.6 Å². The molecule has 6 nitrogen and oxygen atoms in total. The van der Waals surface area contributed by atoms with Crippen molar-refractivity contribution in [2.24, 2.45) is 5.92 Å². The Morgan fingerprint density at radius 3 is 2.24 bits per heavy atom. The van der Waals surface area contributed by atoms with E-state index in [2.05, 4.69) is 28.9 Å². The van der Waals surface area contributed by atoms with Gasteiger partial charge in [0.05, 0.1) is 0 Å². The highest BCUT2D eigenvalue weighted by molar-refractivity contribution is 6.30. The number of halogens is 2. The molecule has 34 heavy (non-hydrogen) atoms. The third-order valence-corrected chi connectivity index (χ3v) is 6.28. The number of benzene rings is 2. The summed E-state index contributed by atoms with van der Waals surface area (Å²) in [5.41, 5.74) is 1.31. The van der Waals surface area contributed by atoms with Crippen LogP contribution in [0.4, 0.5) is 9.18 Å². The van der Waals surface area contributed by atoms with Gasteiger partial charge >= 0.3 is 6.09 Å². The minimum Gasteiger partial charge on any atom is -0.410 e. The minimum atomic E-state index is -0.568. The van der Waals surface area contributed by atoms with Gasteiger partial charge in [-0.05, 0) is 61.2 Å². The van der Waals surface area contributed by atoms with E-state index < -0.39 is 6.09 Å². The lowest BCUT2D eigenvalue weighted by molar-refractivity contribution is -0.135. The summed E-state index contributed by atoms with van der Waals surface area (Å²) < 4.78 is 17.1. The Balaban J connectivity index is 0.000000251. The van der Waals surface area contributed by atoms with Crippen LogP contribution in [-0.4, -0.2) is 37.0 Å². The first kappa shape index (κ1) is 27.1. The first-order chi connectivity index (χ1) is 16.5. The highest BCUT2D eigenvalue weighted by Gasteiger charge is 2.31. The molecular weight excluding hydrogens is 457 g/mol. The van der Waals surface area contributed by atoms with Crippen molar-refractivity contribution in [3.63, 3.8) is 0 Å². The molecule has 1 saturated heterocycles. The fraction of sp³-hybridized carbons (Fsp3) is 0.423. The van der Waals surface area contributed by atoms with E-state index in [4.69, 9.17) is 21.6 Å². The first-order valence-corrected chi connectivity index (χ1v) is 11.8. The molecule has 0 bridgehead atoms. The Hall–Kier alpha value is -3.11. The molecular formula is C26H31ClFN3O3. The van der Waals surface area contributed by atoms with Crippen molar-refractivity contribution in [2.45, 2.75) is 44.4 Å².